The molecule has 2 N–H and O–H groups in total. The lowest BCUT2D eigenvalue weighted by Crippen LogP contribution is -2.20. The van der Waals surface area contributed by atoms with Gasteiger partial charge in [-0.15, -0.1) is 0 Å². The molecule has 1 heterocycles. The van der Waals surface area contributed by atoms with Crippen molar-refractivity contribution in [3.8, 4) is 5.69 Å². The van der Waals surface area contributed by atoms with E-state index >= 15 is 0 Å². The van der Waals surface area contributed by atoms with Gasteiger partial charge in [0.1, 0.15) is 0 Å². The minimum Gasteiger partial charge on any atom is -0.330 e. The Morgan fingerprint density at radius 3 is 2.74 bits per heavy atom. The molecule has 0 fully saturated rings. The first-order chi connectivity index (χ1) is 9.04. The number of aromatic nitrogens is 2. The van der Waals surface area contributed by atoms with Crippen LogP contribution in [0.1, 0.15) is 25.5 Å². The molecule has 3 nitrogen and oxygen atoms in total. The lowest BCUT2D eigenvalue weighted by atomic mass is 9.93. The summed E-state index contributed by atoms with van der Waals surface area (Å²) in [5.41, 5.74) is 8.06. The predicted molar refractivity (Wildman–Crippen MR) is 82.9 cm³/mol. The van der Waals surface area contributed by atoms with Crippen LogP contribution in [0.3, 0.4) is 0 Å². The smallest absolute Gasteiger partial charge is 0.0994 e. The van der Waals surface area contributed by atoms with Crippen LogP contribution in [0.25, 0.3) is 5.69 Å². The van der Waals surface area contributed by atoms with Crippen LogP contribution in [0.2, 0.25) is 5.02 Å². The van der Waals surface area contributed by atoms with E-state index in [1.54, 1.807) is 0 Å². The summed E-state index contributed by atoms with van der Waals surface area (Å²) in [7, 11) is 0. The van der Waals surface area contributed by atoms with Gasteiger partial charge < -0.3 is 10.3 Å². The molecule has 0 aliphatic rings. The van der Waals surface area contributed by atoms with Crippen molar-refractivity contribution >= 4 is 27.5 Å². The average Bonchev–Trinajstić information content (AvgIpc) is 2.82. The molecular weight excluding hydrogens is 326 g/mol. The number of nitrogens with zero attached hydrogens (tertiary/aromatic N) is 2. The maximum atomic E-state index is 6.03. The van der Waals surface area contributed by atoms with Gasteiger partial charge >= 0.3 is 0 Å². The van der Waals surface area contributed by atoms with Crippen LogP contribution < -0.4 is 5.73 Å². The standard InChI is InChI=1S/C14H17BrClN3/c1-9(2)11(6-17)14-7-18-8-19(14)10-3-4-13(16)12(15)5-10/h3-5,7-9,11H,6,17H2,1-2H3. The molecule has 0 bridgehead atoms. The lowest BCUT2D eigenvalue weighted by molar-refractivity contribution is 0.490. The molecule has 1 atom stereocenters. The topological polar surface area (TPSA) is 43.8 Å². The van der Waals surface area contributed by atoms with E-state index in [1.165, 1.54) is 0 Å². The van der Waals surface area contributed by atoms with E-state index in [4.69, 9.17) is 17.3 Å². The first kappa shape index (κ1) is 14.6. The molecule has 0 aliphatic heterocycles. The average molecular weight is 343 g/mol. The van der Waals surface area contributed by atoms with Crippen LogP contribution in [0, 0.1) is 5.92 Å². The number of rotatable bonds is 4. The molecule has 5 heteroatoms. The predicted octanol–water partition coefficient (Wildman–Crippen LogP) is 3.99. The summed E-state index contributed by atoms with van der Waals surface area (Å²) < 4.78 is 2.94. The fraction of sp³-hybridized carbons (Fsp3) is 0.357. The number of hydrogen-bond donors (Lipinski definition) is 1. The summed E-state index contributed by atoms with van der Waals surface area (Å²) in [6, 6.07) is 5.84. The Bertz CT molecular complexity index is 566. The summed E-state index contributed by atoms with van der Waals surface area (Å²) in [5.74, 6) is 0.758. The van der Waals surface area contributed by atoms with Crippen molar-refractivity contribution in [1.82, 2.24) is 9.55 Å². The Morgan fingerprint density at radius 1 is 1.42 bits per heavy atom. The molecule has 0 spiro atoms. The molecule has 0 aliphatic carbocycles. The Kier molecular flexibility index (Phi) is 4.66. The maximum absolute atomic E-state index is 6.03. The van der Waals surface area contributed by atoms with Gasteiger partial charge in [0.05, 0.1) is 11.3 Å². The maximum Gasteiger partial charge on any atom is 0.0994 e. The summed E-state index contributed by atoms with van der Waals surface area (Å²) in [4.78, 5) is 4.26. The van der Waals surface area contributed by atoms with Crippen LogP contribution in [0.5, 0.6) is 0 Å². The van der Waals surface area contributed by atoms with Crippen molar-refractivity contribution in [3.63, 3.8) is 0 Å². The Balaban J connectivity index is 2.46. The first-order valence-corrected chi connectivity index (χ1v) is 7.39. The lowest BCUT2D eigenvalue weighted by Gasteiger charge is -2.20. The molecule has 2 rings (SSSR count). The summed E-state index contributed by atoms with van der Waals surface area (Å²) in [6.07, 6.45) is 3.70. The molecule has 0 amide bonds. The van der Waals surface area contributed by atoms with E-state index in [0.717, 1.165) is 15.9 Å². The fourth-order valence-electron chi connectivity index (χ4n) is 2.16. The summed E-state index contributed by atoms with van der Waals surface area (Å²) in [5, 5.41) is 0.699. The molecule has 0 radical (unpaired) electrons. The third-order valence-corrected chi connectivity index (χ3v) is 4.50. The Hall–Kier alpha value is -0.840. The van der Waals surface area contributed by atoms with E-state index in [9.17, 15) is 0 Å². The highest BCUT2D eigenvalue weighted by atomic mass is 79.9. The highest BCUT2D eigenvalue weighted by Crippen LogP contribution is 2.29. The minimum atomic E-state index is 0.289. The number of halogens is 2. The Morgan fingerprint density at radius 2 is 2.16 bits per heavy atom. The second kappa shape index (κ2) is 6.07. The summed E-state index contributed by atoms with van der Waals surface area (Å²) >= 11 is 9.48. The van der Waals surface area contributed by atoms with E-state index in [1.807, 2.05) is 30.7 Å². The SMILES string of the molecule is CC(C)C(CN)c1cncn1-c1ccc(Cl)c(Br)c1. The van der Waals surface area contributed by atoms with E-state index in [-0.39, 0.29) is 5.92 Å². The molecular formula is C14H17BrClN3. The van der Waals surface area contributed by atoms with Crippen LogP contribution in [0.4, 0.5) is 0 Å². The van der Waals surface area contributed by atoms with Gasteiger partial charge in [-0.25, -0.2) is 4.98 Å². The van der Waals surface area contributed by atoms with Crippen LogP contribution >= 0.6 is 27.5 Å². The quantitative estimate of drug-likeness (QED) is 0.913. The monoisotopic (exact) mass is 341 g/mol. The largest absolute Gasteiger partial charge is 0.330 e. The minimum absolute atomic E-state index is 0.289. The molecule has 2 aromatic rings. The molecule has 102 valence electrons. The van der Waals surface area contributed by atoms with E-state index in [2.05, 4.69) is 39.3 Å². The number of nitrogens with two attached hydrogens (primary N) is 1. The van der Waals surface area contributed by atoms with E-state index in [0.29, 0.717) is 17.5 Å². The van der Waals surface area contributed by atoms with E-state index < -0.39 is 0 Å². The highest BCUT2D eigenvalue weighted by molar-refractivity contribution is 9.10. The third-order valence-electron chi connectivity index (χ3n) is 3.29. The van der Waals surface area contributed by atoms with Gasteiger partial charge in [0, 0.05) is 34.5 Å². The van der Waals surface area contributed by atoms with Gasteiger partial charge in [-0.2, -0.15) is 0 Å². The molecule has 1 aromatic heterocycles. The van der Waals surface area contributed by atoms with Crippen molar-refractivity contribution in [2.24, 2.45) is 11.7 Å². The Labute approximate surface area is 126 Å². The van der Waals surface area contributed by atoms with Gasteiger partial charge in [0.15, 0.2) is 0 Å². The van der Waals surface area contributed by atoms with Gasteiger partial charge in [0.2, 0.25) is 0 Å². The number of imidazole rings is 1. The number of hydrogen-bond acceptors (Lipinski definition) is 2. The highest BCUT2D eigenvalue weighted by Gasteiger charge is 2.19. The third kappa shape index (κ3) is 3.02. The first-order valence-electron chi connectivity index (χ1n) is 6.22. The molecule has 1 aromatic carbocycles. The fourth-order valence-corrected chi connectivity index (χ4v) is 2.65. The van der Waals surface area contributed by atoms with Crippen molar-refractivity contribution in [2.45, 2.75) is 19.8 Å². The number of benzene rings is 1. The zero-order chi connectivity index (χ0) is 14.0. The molecule has 0 saturated heterocycles. The van der Waals surface area contributed by atoms with Crippen molar-refractivity contribution in [1.29, 1.82) is 0 Å². The van der Waals surface area contributed by atoms with Gasteiger partial charge in [-0.05, 0) is 40.0 Å². The van der Waals surface area contributed by atoms with Gasteiger partial charge in [-0.3, -0.25) is 0 Å². The van der Waals surface area contributed by atoms with Gasteiger partial charge in [-0.1, -0.05) is 25.4 Å². The second-order valence-corrected chi connectivity index (χ2v) is 6.13. The summed E-state index contributed by atoms with van der Waals surface area (Å²) in [6.45, 7) is 4.96. The molecule has 19 heavy (non-hydrogen) atoms. The zero-order valence-electron chi connectivity index (χ0n) is 11.0. The zero-order valence-corrected chi connectivity index (χ0v) is 13.3. The second-order valence-electron chi connectivity index (χ2n) is 4.87. The molecule has 1 unspecified atom stereocenters. The normalized spacial score (nSPS) is 12.9. The van der Waals surface area contributed by atoms with Crippen molar-refractivity contribution < 1.29 is 0 Å². The van der Waals surface area contributed by atoms with Crippen molar-refractivity contribution in [2.75, 3.05) is 6.54 Å². The molecule has 0 saturated carbocycles. The van der Waals surface area contributed by atoms with Crippen molar-refractivity contribution in [3.05, 3.63) is 45.9 Å². The van der Waals surface area contributed by atoms with Gasteiger partial charge in [0.25, 0.3) is 0 Å². The van der Waals surface area contributed by atoms with Crippen LogP contribution in [0.15, 0.2) is 35.2 Å². The van der Waals surface area contributed by atoms with Crippen LogP contribution in [-0.4, -0.2) is 16.1 Å². The van der Waals surface area contributed by atoms with Crippen LogP contribution in [-0.2, 0) is 0 Å².